The fourth-order valence-corrected chi connectivity index (χ4v) is 2.60. The molecule has 0 spiro atoms. The van der Waals surface area contributed by atoms with Crippen LogP contribution in [0, 0.1) is 18.6 Å². The molecule has 2 aromatic carbocycles. The molecule has 0 saturated heterocycles. The van der Waals surface area contributed by atoms with E-state index in [0.29, 0.717) is 10.2 Å². The van der Waals surface area contributed by atoms with Gasteiger partial charge < -0.3 is 5.32 Å². The summed E-state index contributed by atoms with van der Waals surface area (Å²) in [5, 5.41) is 3.14. The minimum atomic E-state index is -0.595. The average molecular weight is 340 g/mol. The van der Waals surface area contributed by atoms with Gasteiger partial charge in [0, 0.05) is 10.5 Å². The number of anilines is 1. The van der Waals surface area contributed by atoms with Gasteiger partial charge in [-0.2, -0.15) is 0 Å². The van der Waals surface area contributed by atoms with Crippen LogP contribution in [0.3, 0.4) is 0 Å². The highest BCUT2D eigenvalue weighted by Crippen LogP contribution is 2.31. The lowest BCUT2D eigenvalue weighted by Crippen LogP contribution is -2.11. The molecule has 0 heterocycles. The van der Waals surface area contributed by atoms with Crippen molar-refractivity contribution in [3.63, 3.8) is 0 Å². The third-order valence-electron chi connectivity index (χ3n) is 3.21. The predicted molar refractivity (Wildman–Crippen MR) is 81.9 cm³/mol. The van der Waals surface area contributed by atoms with Gasteiger partial charge in [-0.05, 0) is 40.9 Å². The molecule has 0 saturated carbocycles. The van der Waals surface area contributed by atoms with Crippen molar-refractivity contribution in [2.45, 2.75) is 26.3 Å². The van der Waals surface area contributed by atoms with Gasteiger partial charge >= 0.3 is 0 Å². The van der Waals surface area contributed by atoms with Crippen molar-refractivity contribution in [1.82, 2.24) is 0 Å². The Morgan fingerprint density at radius 2 is 1.80 bits per heavy atom. The highest BCUT2D eigenvalue weighted by atomic mass is 79.9. The Hall–Kier alpha value is -1.42. The standard InChI is InChI=1S/C16H16BrF2N/c1-3-15(11-6-4-10(2)5-7-11)20-16-13(17)8-12(18)9-14(16)19/h4-9,15,20H,3H2,1-2H3. The van der Waals surface area contributed by atoms with Crippen molar-refractivity contribution in [3.05, 3.63) is 63.6 Å². The van der Waals surface area contributed by atoms with E-state index in [1.54, 1.807) is 0 Å². The average Bonchev–Trinajstić information content (AvgIpc) is 2.39. The monoisotopic (exact) mass is 339 g/mol. The van der Waals surface area contributed by atoms with E-state index in [1.165, 1.54) is 11.6 Å². The summed E-state index contributed by atoms with van der Waals surface area (Å²) in [6.45, 7) is 4.04. The largest absolute Gasteiger partial charge is 0.375 e. The van der Waals surface area contributed by atoms with Gasteiger partial charge in [0.25, 0.3) is 0 Å². The minimum absolute atomic E-state index is 0.0214. The van der Waals surface area contributed by atoms with E-state index in [0.717, 1.165) is 18.1 Å². The normalized spacial score (nSPS) is 12.2. The van der Waals surface area contributed by atoms with Crippen LogP contribution in [0.4, 0.5) is 14.5 Å². The second-order valence-corrected chi connectivity index (χ2v) is 5.61. The van der Waals surface area contributed by atoms with E-state index in [1.807, 2.05) is 38.1 Å². The number of rotatable bonds is 4. The summed E-state index contributed by atoms with van der Waals surface area (Å²) in [4.78, 5) is 0. The topological polar surface area (TPSA) is 12.0 Å². The first-order valence-corrected chi connectivity index (χ1v) is 7.28. The molecule has 1 nitrogen and oxygen atoms in total. The zero-order chi connectivity index (χ0) is 14.7. The van der Waals surface area contributed by atoms with Gasteiger partial charge in [-0.1, -0.05) is 36.8 Å². The molecular formula is C16H16BrF2N. The Labute approximate surface area is 126 Å². The lowest BCUT2D eigenvalue weighted by atomic mass is 10.0. The molecule has 0 aliphatic carbocycles. The molecule has 1 N–H and O–H groups in total. The van der Waals surface area contributed by atoms with Gasteiger partial charge in [-0.3, -0.25) is 0 Å². The van der Waals surface area contributed by atoms with Crippen molar-refractivity contribution in [3.8, 4) is 0 Å². The SMILES string of the molecule is CCC(Nc1c(F)cc(F)cc1Br)c1ccc(C)cc1. The van der Waals surface area contributed by atoms with Gasteiger partial charge in [0.1, 0.15) is 11.6 Å². The molecule has 0 bridgehead atoms. The number of nitrogens with one attached hydrogen (secondary N) is 1. The molecule has 0 aliphatic rings. The molecule has 20 heavy (non-hydrogen) atoms. The quantitative estimate of drug-likeness (QED) is 0.764. The van der Waals surface area contributed by atoms with E-state index < -0.39 is 11.6 Å². The number of benzene rings is 2. The summed E-state index contributed by atoms with van der Waals surface area (Å²) in [5.74, 6) is -1.19. The zero-order valence-electron chi connectivity index (χ0n) is 11.4. The fourth-order valence-electron chi connectivity index (χ4n) is 2.07. The molecule has 2 rings (SSSR count). The van der Waals surface area contributed by atoms with Crippen LogP contribution in [0.2, 0.25) is 0 Å². The Morgan fingerprint density at radius 1 is 1.15 bits per heavy atom. The second-order valence-electron chi connectivity index (χ2n) is 4.76. The predicted octanol–water partition coefficient (Wildman–Crippen LogP) is 5.60. The molecule has 2 aromatic rings. The summed E-state index contributed by atoms with van der Waals surface area (Å²) in [5.41, 5.74) is 2.55. The Morgan fingerprint density at radius 3 is 2.35 bits per heavy atom. The van der Waals surface area contributed by atoms with Crippen LogP contribution in [0.15, 0.2) is 40.9 Å². The summed E-state index contributed by atoms with van der Waals surface area (Å²) >= 11 is 3.20. The zero-order valence-corrected chi connectivity index (χ0v) is 13.0. The van der Waals surface area contributed by atoms with Gasteiger partial charge in [0.2, 0.25) is 0 Å². The van der Waals surface area contributed by atoms with Gasteiger partial charge in [0.05, 0.1) is 11.7 Å². The summed E-state index contributed by atoms with van der Waals surface area (Å²) in [7, 11) is 0. The van der Waals surface area contributed by atoms with E-state index in [-0.39, 0.29) is 6.04 Å². The van der Waals surface area contributed by atoms with Crippen molar-refractivity contribution < 1.29 is 8.78 Å². The van der Waals surface area contributed by atoms with Gasteiger partial charge in [-0.25, -0.2) is 8.78 Å². The van der Waals surface area contributed by atoms with Crippen molar-refractivity contribution in [2.75, 3.05) is 5.32 Å². The van der Waals surface area contributed by atoms with Crippen molar-refractivity contribution >= 4 is 21.6 Å². The highest BCUT2D eigenvalue weighted by molar-refractivity contribution is 9.10. The van der Waals surface area contributed by atoms with E-state index >= 15 is 0 Å². The molecule has 0 aliphatic heterocycles. The Balaban J connectivity index is 2.29. The van der Waals surface area contributed by atoms with Crippen molar-refractivity contribution in [2.24, 2.45) is 0 Å². The molecular weight excluding hydrogens is 324 g/mol. The second kappa shape index (κ2) is 6.35. The lowest BCUT2D eigenvalue weighted by molar-refractivity contribution is 0.581. The molecule has 1 atom stereocenters. The van der Waals surface area contributed by atoms with E-state index in [4.69, 9.17) is 0 Å². The first-order valence-electron chi connectivity index (χ1n) is 6.49. The molecule has 4 heteroatoms. The molecule has 0 aromatic heterocycles. The first kappa shape index (κ1) is 15.0. The number of hydrogen-bond donors (Lipinski definition) is 1. The van der Waals surface area contributed by atoms with Gasteiger partial charge in [0.15, 0.2) is 0 Å². The van der Waals surface area contributed by atoms with Crippen molar-refractivity contribution in [1.29, 1.82) is 0 Å². The summed E-state index contributed by atoms with van der Waals surface area (Å²) < 4.78 is 27.3. The number of halogens is 3. The van der Waals surface area contributed by atoms with Crippen LogP contribution in [-0.2, 0) is 0 Å². The maximum absolute atomic E-state index is 13.9. The number of hydrogen-bond acceptors (Lipinski definition) is 1. The van der Waals surface area contributed by atoms with Crippen LogP contribution >= 0.6 is 15.9 Å². The lowest BCUT2D eigenvalue weighted by Gasteiger charge is -2.20. The van der Waals surface area contributed by atoms with Crippen LogP contribution in [0.25, 0.3) is 0 Å². The summed E-state index contributed by atoms with van der Waals surface area (Å²) in [6, 6.07) is 10.2. The first-order chi connectivity index (χ1) is 9.51. The van der Waals surface area contributed by atoms with E-state index in [2.05, 4.69) is 21.2 Å². The third kappa shape index (κ3) is 3.37. The molecule has 0 radical (unpaired) electrons. The third-order valence-corrected chi connectivity index (χ3v) is 3.84. The fraction of sp³-hybridized carbons (Fsp3) is 0.250. The Bertz CT molecular complexity index is 573. The Kier molecular flexibility index (Phi) is 4.76. The molecule has 106 valence electrons. The molecule has 1 unspecified atom stereocenters. The van der Waals surface area contributed by atoms with Crippen LogP contribution in [-0.4, -0.2) is 0 Å². The van der Waals surface area contributed by atoms with Crippen LogP contribution in [0.5, 0.6) is 0 Å². The maximum Gasteiger partial charge on any atom is 0.150 e. The van der Waals surface area contributed by atoms with Crippen LogP contribution < -0.4 is 5.32 Å². The maximum atomic E-state index is 13.9. The number of aryl methyl sites for hydroxylation is 1. The van der Waals surface area contributed by atoms with Crippen LogP contribution in [0.1, 0.15) is 30.5 Å². The van der Waals surface area contributed by atoms with E-state index in [9.17, 15) is 8.78 Å². The smallest absolute Gasteiger partial charge is 0.150 e. The summed E-state index contributed by atoms with van der Waals surface area (Å²) in [6.07, 6.45) is 0.798. The highest BCUT2D eigenvalue weighted by Gasteiger charge is 2.15. The molecule has 0 amide bonds. The molecule has 0 fully saturated rings. The van der Waals surface area contributed by atoms with Gasteiger partial charge in [-0.15, -0.1) is 0 Å². The minimum Gasteiger partial charge on any atom is -0.375 e.